The largest absolute Gasteiger partial charge is 0.465 e. The van der Waals surface area contributed by atoms with E-state index in [0.29, 0.717) is 34.2 Å². The highest BCUT2D eigenvalue weighted by atomic mass is 16.5. The summed E-state index contributed by atoms with van der Waals surface area (Å²) < 4.78 is 9.59. The fraction of sp³-hybridized carbons (Fsp3) is 0.111. The third-order valence-corrected chi connectivity index (χ3v) is 3.47. The zero-order valence-corrected chi connectivity index (χ0v) is 14.1. The first kappa shape index (κ1) is 17.2. The Morgan fingerprint density at radius 1 is 1.04 bits per heavy atom. The zero-order valence-electron chi connectivity index (χ0n) is 14.1. The zero-order chi connectivity index (χ0) is 18.5. The first-order valence-corrected chi connectivity index (χ1v) is 7.71. The second-order valence-corrected chi connectivity index (χ2v) is 5.40. The number of aromatic nitrogens is 2. The van der Waals surface area contributed by atoms with Gasteiger partial charge in [-0.2, -0.15) is 0 Å². The number of hydrogen-bond acceptors (Lipinski definition) is 7. The van der Waals surface area contributed by atoms with E-state index in [0.717, 1.165) is 0 Å². The lowest BCUT2D eigenvalue weighted by Gasteiger charge is -2.07. The normalized spacial score (nSPS) is 10.2. The molecule has 2 N–H and O–H groups in total. The molecular weight excluding hydrogens is 336 g/mol. The highest BCUT2D eigenvalue weighted by molar-refractivity contribution is 6.04. The van der Waals surface area contributed by atoms with Gasteiger partial charge in [0.25, 0.3) is 5.91 Å². The summed E-state index contributed by atoms with van der Waals surface area (Å²) in [6.45, 7) is 1.79. The lowest BCUT2D eigenvalue weighted by Crippen LogP contribution is -2.12. The van der Waals surface area contributed by atoms with Crippen LogP contribution in [-0.4, -0.2) is 29.1 Å². The van der Waals surface area contributed by atoms with Crippen LogP contribution in [0.2, 0.25) is 0 Å². The van der Waals surface area contributed by atoms with E-state index in [2.05, 4.69) is 25.5 Å². The van der Waals surface area contributed by atoms with Crippen molar-refractivity contribution in [3.8, 4) is 0 Å². The highest BCUT2D eigenvalue weighted by Crippen LogP contribution is 2.16. The molecule has 26 heavy (non-hydrogen) atoms. The van der Waals surface area contributed by atoms with Crippen LogP contribution in [0.15, 0.2) is 53.2 Å². The van der Waals surface area contributed by atoms with Gasteiger partial charge in [0.15, 0.2) is 5.82 Å². The first-order chi connectivity index (χ1) is 12.5. The molecule has 0 aliphatic heterocycles. The van der Waals surface area contributed by atoms with Gasteiger partial charge in [0, 0.05) is 18.0 Å². The lowest BCUT2D eigenvalue weighted by atomic mass is 10.2. The number of carbonyl (C=O) groups excluding carboxylic acids is 2. The van der Waals surface area contributed by atoms with E-state index in [4.69, 9.17) is 4.52 Å². The van der Waals surface area contributed by atoms with Crippen molar-refractivity contribution in [2.45, 2.75) is 6.92 Å². The van der Waals surface area contributed by atoms with Crippen LogP contribution >= 0.6 is 0 Å². The minimum atomic E-state index is -0.433. The van der Waals surface area contributed by atoms with Gasteiger partial charge in [-0.25, -0.2) is 9.78 Å². The third kappa shape index (κ3) is 4.04. The molecule has 2 heterocycles. The average molecular weight is 352 g/mol. The average Bonchev–Trinajstić information content (AvgIpc) is 3.07. The van der Waals surface area contributed by atoms with Gasteiger partial charge in [-0.05, 0) is 43.3 Å². The minimum Gasteiger partial charge on any atom is -0.465 e. The van der Waals surface area contributed by atoms with Crippen LogP contribution in [0.5, 0.6) is 0 Å². The van der Waals surface area contributed by atoms with Crippen LogP contribution in [0.3, 0.4) is 0 Å². The second kappa shape index (κ2) is 7.47. The summed E-state index contributed by atoms with van der Waals surface area (Å²) in [4.78, 5) is 27.8. The Hall–Kier alpha value is -3.68. The lowest BCUT2D eigenvalue weighted by molar-refractivity contribution is 0.0600. The molecule has 8 heteroatoms. The molecule has 8 nitrogen and oxygen atoms in total. The van der Waals surface area contributed by atoms with Crippen LogP contribution in [0.1, 0.15) is 26.5 Å². The van der Waals surface area contributed by atoms with E-state index in [1.165, 1.54) is 13.3 Å². The molecule has 1 aromatic carbocycles. The molecule has 0 fully saturated rings. The van der Waals surface area contributed by atoms with E-state index in [1.807, 2.05) is 0 Å². The molecule has 0 aliphatic carbocycles. The van der Waals surface area contributed by atoms with Gasteiger partial charge < -0.3 is 19.9 Å². The van der Waals surface area contributed by atoms with E-state index < -0.39 is 5.97 Å². The Kier molecular flexibility index (Phi) is 4.93. The van der Waals surface area contributed by atoms with Crippen molar-refractivity contribution in [2.75, 3.05) is 17.7 Å². The molecule has 0 radical (unpaired) electrons. The molecule has 132 valence electrons. The highest BCUT2D eigenvalue weighted by Gasteiger charge is 2.09. The summed E-state index contributed by atoms with van der Waals surface area (Å²) >= 11 is 0. The number of amides is 1. The van der Waals surface area contributed by atoms with E-state index in [9.17, 15) is 9.59 Å². The summed E-state index contributed by atoms with van der Waals surface area (Å²) in [6.07, 6.45) is 1.45. The van der Waals surface area contributed by atoms with Crippen LogP contribution in [0.4, 0.5) is 17.3 Å². The number of nitrogens with one attached hydrogen (secondary N) is 2. The van der Waals surface area contributed by atoms with Crippen molar-refractivity contribution in [2.24, 2.45) is 0 Å². The summed E-state index contributed by atoms with van der Waals surface area (Å²) in [7, 11) is 1.31. The molecule has 0 atom stereocenters. The maximum Gasteiger partial charge on any atom is 0.337 e. The van der Waals surface area contributed by atoms with Gasteiger partial charge in [0.1, 0.15) is 11.6 Å². The monoisotopic (exact) mass is 352 g/mol. The standard InChI is InChI=1S/C18H16N4O4/c1-11-9-16(22-26-11)21-15-8-5-13(10-19-15)17(23)20-14-6-3-12(4-7-14)18(24)25-2/h3-10H,1-2H3,(H,20,23)(H,19,21,22). The smallest absolute Gasteiger partial charge is 0.337 e. The van der Waals surface area contributed by atoms with Crippen molar-refractivity contribution in [3.63, 3.8) is 0 Å². The number of nitrogens with zero attached hydrogens (tertiary/aromatic N) is 2. The number of pyridine rings is 1. The van der Waals surface area contributed by atoms with Crippen LogP contribution in [0.25, 0.3) is 0 Å². The quantitative estimate of drug-likeness (QED) is 0.679. The number of esters is 1. The van der Waals surface area contributed by atoms with Crippen molar-refractivity contribution >= 4 is 29.2 Å². The molecule has 0 bridgehead atoms. The molecule has 3 aromatic rings. The van der Waals surface area contributed by atoms with Gasteiger partial charge in [-0.1, -0.05) is 5.16 Å². The minimum absolute atomic E-state index is 0.313. The Balaban J connectivity index is 1.63. The number of benzene rings is 1. The van der Waals surface area contributed by atoms with Crippen molar-refractivity contribution in [1.82, 2.24) is 10.1 Å². The molecule has 0 unspecified atom stereocenters. The van der Waals surface area contributed by atoms with Gasteiger partial charge >= 0.3 is 5.97 Å². The fourth-order valence-electron chi connectivity index (χ4n) is 2.17. The molecule has 2 aromatic heterocycles. The summed E-state index contributed by atoms with van der Waals surface area (Å²) in [5, 5.41) is 9.52. The summed E-state index contributed by atoms with van der Waals surface area (Å²) in [5.41, 5.74) is 1.36. The van der Waals surface area contributed by atoms with Gasteiger partial charge in [-0.15, -0.1) is 0 Å². The second-order valence-electron chi connectivity index (χ2n) is 5.40. The molecular formula is C18H16N4O4. The first-order valence-electron chi connectivity index (χ1n) is 7.71. The Bertz CT molecular complexity index is 917. The Morgan fingerprint density at radius 3 is 2.35 bits per heavy atom. The van der Waals surface area contributed by atoms with E-state index in [1.54, 1.807) is 49.4 Å². The molecule has 3 rings (SSSR count). The topological polar surface area (TPSA) is 106 Å². The fourth-order valence-corrected chi connectivity index (χ4v) is 2.17. The van der Waals surface area contributed by atoms with Gasteiger partial charge in [0.2, 0.25) is 0 Å². The molecule has 1 amide bonds. The van der Waals surface area contributed by atoms with E-state index >= 15 is 0 Å². The van der Waals surface area contributed by atoms with Crippen LogP contribution in [-0.2, 0) is 4.74 Å². The molecule has 0 saturated carbocycles. The molecule has 0 saturated heterocycles. The summed E-state index contributed by atoms with van der Waals surface area (Å²) in [6, 6.07) is 11.4. The number of methoxy groups -OCH3 is 1. The van der Waals surface area contributed by atoms with Crippen molar-refractivity contribution in [1.29, 1.82) is 0 Å². The Labute approximate surface area is 149 Å². The third-order valence-electron chi connectivity index (χ3n) is 3.47. The Morgan fingerprint density at radius 2 is 1.77 bits per heavy atom. The van der Waals surface area contributed by atoms with Crippen LogP contribution in [0, 0.1) is 6.92 Å². The predicted octanol–water partition coefficient (Wildman–Crippen LogP) is 3.16. The molecule has 0 spiro atoms. The maximum absolute atomic E-state index is 12.3. The maximum atomic E-state index is 12.3. The summed E-state index contributed by atoms with van der Waals surface area (Å²) in [5.74, 6) is 1.02. The van der Waals surface area contributed by atoms with Crippen LogP contribution < -0.4 is 10.6 Å². The molecule has 0 aliphatic rings. The number of ether oxygens (including phenoxy) is 1. The SMILES string of the molecule is COC(=O)c1ccc(NC(=O)c2ccc(Nc3cc(C)on3)nc2)cc1. The van der Waals surface area contributed by atoms with Gasteiger partial charge in [-0.3, -0.25) is 4.79 Å². The number of carbonyl (C=O) groups is 2. The number of hydrogen-bond donors (Lipinski definition) is 2. The van der Waals surface area contributed by atoms with Crippen molar-refractivity contribution < 1.29 is 18.8 Å². The van der Waals surface area contributed by atoms with Gasteiger partial charge in [0.05, 0.1) is 18.2 Å². The van der Waals surface area contributed by atoms with Crippen molar-refractivity contribution in [3.05, 3.63) is 65.5 Å². The number of aryl methyl sites for hydroxylation is 1. The van der Waals surface area contributed by atoms with E-state index in [-0.39, 0.29) is 5.91 Å². The predicted molar refractivity (Wildman–Crippen MR) is 94.5 cm³/mol. The number of rotatable bonds is 5. The number of anilines is 3.